The normalized spacial score (nSPS) is 12.6. The van der Waals surface area contributed by atoms with E-state index in [0.717, 1.165) is 22.9 Å². The second-order valence-corrected chi connectivity index (χ2v) is 5.72. The van der Waals surface area contributed by atoms with E-state index in [1.54, 1.807) is 7.05 Å². The van der Waals surface area contributed by atoms with E-state index in [2.05, 4.69) is 9.98 Å². The maximum atomic E-state index is 11.5. The Morgan fingerprint density at radius 1 is 1.09 bits per heavy atom. The standard InChI is InChI=1S/C17H15N3O2S/c1-12-8-10-14(11-9-12)18-15(13-6-4-3-5-7-13)19-16-20(2)17(21)22-23-16/h3-11H,1-2H3. The van der Waals surface area contributed by atoms with Crippen LogP contribution >= 0.6 is 11.6 Å². The van der Waals surface area contributed by atoms with Crippen LogP contribution in [0.1, 0.15) is 11.1 Å². The van der Waals surface area contributed by atoms with Crippen LogP contribution < -0.4 is 10.6 Å². The smallest absolute Gasteiger partial charge is 0.345 e. The van der Waals surface area contributed by atoms with Gasteiger partial charge in [-0.15, -0.1) is 0 Å². The number of aryl methyl sites for hydroxylation is 1. The van der Waals surface area contributed by atoms with Crippen molar-refractivity contribution in [3.05, 3.63) is 81.1 Å². The highest BCUT2D eigenvalue weighted by Crippen LogP contribution is 2.15. The van der Waals surface area contributed by atoms with Gasteiger partial charge in [-0.2, -0.15) is 4.99 Å². The zero-order valence-corrected chi connectivity index (χ0v) is 13.6. The zero-order valence-electron chi connectivity index (χ0n) is 12.8. The predicted octanol–water partition coefficient (Wildman–Crippen LogP) is 3.03. The molecule has 0 unspecified atom stereocenters. The van der Waals surface area contributed by atoms with Gasteiger partial charge in [-0.3, -0.25) is 4.57 Å². The van der Waals surface area contributed by atoms with E-state index in [1.165, 1.54) is 10.1 Å². The molecule has 5 nitrogen and oxygen atoms in total. The molecule has 0 amide bonds. The molecule has 1 heterocycles. The Bertz CT molecular complexity index is 948. The molecule has 0 bridgehead atoms. The maximum absolute atomic E-state index is 11.5. The summed E-state index contributed by atoms with van der Waals surface area (Å²) in [5.41, 5.74) is 2.84. The fraction of sp³-hybridized carbons (Fsp3) is 0.118. The Morgan fingerprint density at radius 2 is 1.78 bits per heavy atom. The van der Waals surface area contributed by atoms with Gasteiger partial charge in [-0.25, -0.2) is 9.79 Å². The Morgan fingerprint density at radius 3 is 2.39 bits per heavy atom. The van der Waals surface area contributed by atoms with Crippen LogP contribution in [0.25, 0.3) is 0 Å². The average Bonchev–Trinajstić information content (AvgIpc) is 2.89. The summed E-state index contributed by atoms with van der Waals surface area (Å²) in [7, 11) is 1.62. The number of aliphatic imine (C=N–C) groups is 1. The molecule has 0 spiro atoms. The Kier molecular flexibility index (Phi) is 4.34. The van der Waals surface area contributed by atoms with E-state index in [-0.39, 0.29) is 0 Å². The molecule has 0 saturated heterocycles. The van der Waals surface area contributed by atoms with E-state index >= 15 is 0 Å². The highest BCUT2D eigenvalue weighted by atomic mass is 32.1. The third-order valence-electron chi connectivity index (χ3n) is 3.25. The summed E-state index contributed by atoms with van der Waals surface area (Å²) in [5.74, 6) is 0.0959. The molecule has 0 radical (unpaired) electrons. The van der Waals surface area contributed by atoms with Crippen molar-refractivity contribution in [3.63, 3.8) is 0 Å². The molecule has 0 aliphatic rings. The van der Waals surface area contributed by atoms with Gasteiger partial charge in [-0.05, 0) is 19.1 Å². The molecule has 3 rings (SSSR count). The van der Waals surface area contributed by atoms with E-state index in [1.807, 2.05) is 61.5 Å². The van der Waals surface area contributed by atoms with Crippen LogP contribution in [-0.2, 0) is 7.05 Å². The highest BCUT2D eigenvalue weighted by molar-refractivity contribution is 7.00. The van der Waals surface area contributed by atoms with Crippen LogP contribution in [0.15, 0.2) is 73.2 Å². The third-order valence-corrected chi connectivity index (χ3v) is 3.99. The number of amidine groups is 1. The van der Waals surface area contributed by atoms with Crippen LogP contribution in [0.4, 0.5) is 5.69 Å². The highest BCUT2D eigenvalue weighted by Gasteiger charge is 2.05. The van der Waals surface area contributed by atoms with E-state index in [4.69, 9.17) is 3.85 Å². The quantitative estimate of drug-likeness (QED) is 0.537. The van der Waals surface area contributed by atoms with Crippen molar-refractivity contribution < 1.29 is 3.85 Å². The number of hydrogen-bond donors (Lipinski definition) is 0. The molecule has 23 heavy (non-hydrogen) atoms. The van der Waals surface area contributed by atoms with Crippen LogP contribution in [0.2, 0.25) is 0 Å². The van der Waals surface area contributed by atoms with Crippen molar-refractivity contribution in [2.45, 2.75) is 6.92 Å². The second kappa shape index (κ2) is 6.58. The topological polar surface area (TPSA) is 59.9 Å². The zero-order chi connectivity index (χ0) is 16.2. The molecule has 3 aromatic rings. The van der Waals surface area contributed by atoms with E-state index in [0.29, 0.717) is 10.6 Å². The van der Waals surface area contributed by atoms with Crippen molar-refractivity contribution >= 4 is 23.2 Å². The van der Waals surface area contributed by atoms with Gasteiger partial charge in [0.1, 0.15) is 0 Å². The van der Waals surface area contributed by atoms with Crippen molar-refractivity contribution in [2.24, 2.45) is 17.0 Å². The monoisotopic (exact) mass is 325 g/mol. The summed E-state index contributed by atoms with van der Waals surface area (Å²) in [6.07, 6.45) is 0. The van der Waals surface area contributed by atoms with Gasteiger partial charge in [0.2, 0.25) is 4.80 Å². The van der Waals surface area contributed by atoms with E-state index in [9.17, 15) is 4.79 Å². The molecule has 0 N–H and O–H groups in total. The average molecular weight is 325 g/mol. The van der Waals surface area contributed by atoms with E-state index < -0.39 is 5.76 Å². The lowest BCUT2D eigenvalue weighted by molar-refractivity contribution is 0.570. The van der Waals surface area contributed by atoms with Crippen molar-refractivity contribution in [2.75, 3.05) is 0 Å². The summed E-state index contributed by atoms with van der Waals surface area (Å²) in [6, 6.07) is 17.5. The number of nitrogens with zero attached hydrogens (tertiary/aromatic N) is 3. The predicted molar refractivity (Wildman–Crippen MR) is 91.2 cm³/mol. The Hall–Kier alpha value is -2.73. The molecule has 0 fully saturated rings. The van der Waals surface area contributed by atoms with Crippen LogP contribution in [0, 0.1) is 6.92 Å². The minimum atomic E-state index is -0.434. The first-order valence-electron chi connectivity index (χ1n) is 7.05. The van der Waals surface area contributed by atoms with Crippen LogP contribution in [0.3, 0.4) is 0 Å². The minimum absolute atomic E-state index is 0.434. The number of aromatic nitrogens is 1. The summed E-state index contributed by atoms with van der Waals surface area (Å²) < 4.78 is 6.26. The van der Waals surface area contributed by atoms with Gasteiger partial charge in [0, 0.05) is 12.6 Å². The molecular weight excluding hydrogens is 310 g/mol. The molecule has 2 aromatic carbocycles. The molecule has 0 saturated carbocycles. The lowest BCUT2D eigenvalue weighted by Crippen LogP contribution is -2.22. The first kappa shape index (κ1) is 15.2. The van der Waals surface area contributed by atoms with Gasteiger partial charge < -0.3 is 3.85 Å². The molecule has 0 aliphatic carbocycles. The van der Waals surface area contributed by atoms with Gasteiger partial charge in [0.05, 0.1) is 17.3 Å². The first-order chi connectivity index (χ1) is 11.1. The summed E-state index contributed by atoms with van der Waals surface area (Å²) in [6.45, 7) is 2.03. The molecular formula is C17H15N3O2S. The second-order valence-electron chi connectivity index (χ2n) is 5.02. The van der Waals surface area contributed by atoms with Crippen molar-refractivity contribution in [3.8, 4) is 0 Å². The molecule has 1 aromatic heterocycles. The third kappa shape index (κ3) is 3.54. The summed E-state index contributed by atoms with van der Waals surface area (Å²) in [4.78, 5) is 21.0. The largest absolute Gasteiger partial charge is 0.432 e. The lowest BCUT2D eigenvalue weighted by Gasteiger charge is -2.02. The van der Waals surface area contributed by atoms with Crippen molar-refractivity contribution in [1.29, 1.82) is 0 Å². The number of rotatable bonds is 2. The summed E-state index contributed by atoms with van der Waals surface area (Å²) >= 11 is 0.940. The molecule has 0 aliphatic heterocycles. The van der Waals surface area contributed by atoms with Crippen LogP contribution in [-0.4, -0.2) is 10.4 Å². The summed E-state index contributed by atoms with van der Waals surface area (Å²) in [5, 5.41) is 0. The lowest BCUT2D eigenvalue weighted by atomic mass is 10.2. The molecule has 0 atom stereocenters. The first-order valence-corrected chi connectivity index (χ1v) is 7.79. The van der Waals surface area contributed by atoms with Gasteiger partial charge in [0.25, 0.3) is 0 Å². The van der Waals surface area contributed by atoms with Gasteiger partial charge in [0.15, 0.2) is 5.84 Å². The minimum Gasteiger partial charge on any atom is -0.345 e. The molecule has 116 valence electrons. The number of benzene rings is 2. The number of hydrogen-bond acceptors (Lipinski definition) is 4. The Labute approximate surface area is 137 Å². The van der Waals surface area contributed by atoms with Gasteiger partial charge in [-0.1, -0.05) is 48.0 Å². The van der Waals surface area contributed by atoms with Gasteiger partial charge >= 0.3 is 5.76 Å². The SMILES string of the molecule is Cc1ccc(N=C(N=c2soc(=O)n2C)c2ccccc2)cc1. The Balaban J connectivity index is 2.15. The fourth-order valence-electron chi connectivity index (χ4n) is 1.93. The molecule has 6 heteroatoms. The van der Waals surface area contributed by atoms with Crippen molar-refractivity contribution in [1.82, 2.24) is 4.57 Å². The fourth-order valence-corrected chi connectivity index (χ4v) is 2.50. The van der Waals surface area contributed by atoms with Crippen LogP contribution in [0.5, 0.6) is 0 Å². The maximum Gasteiger partial charge on any atom is 0.432 e.